The second-order valence-electron chi connectivity index (χ2n) is 7.63. The zero-order valence-electron chi connectivity index (χ0n) is 17.0. The van der Waals surface area contributed by atoms with Crippen molar-refractivity contribution in [2.24, 2.45) is 0 Å². The molecule has 1 atom stereocenters. The second-order valence-corrected chi connectivity index (χ2v) is 8.06. The molecule has 2 aliphatic heterocycles. The number of aryl methyl sites for hydroxylation is 1. The Hall–Kier alpha value is -3.77. The molecule has 0 aromatic heterocycles. The molecule has 5 rings (SSSR count). The van der Waals surface area contributed by atoms with Crippen LogP contribution in [0.25, 0.3) is 5.76 Å². The predicted molar refractivity (Wildman–Crippen MR) is 120 cm³/mol. The number of carbonyl (C=O) groups is 2. The summed E-state index contributed by atoms with van der Waals surface area (Å²) in [6, 6.07) is 18.3. The molecule has 0 bridgehead atoms. The standard InChI is InChI=1S/C25H18ClNO5/c1-14-3-2-4-15(11-14)22-21(23(28)16-5-10-19-20(12-16)32-13-31-19)24(29)25(30)27(22)18-8-6-17(26)7-9-18/h2-12,22,28H,13H2,1H3/b23-21-. The summed E-state index contributed by atoms with van der Waals surface area (Å²) in [7, 11) is 0. The van der Waals surface area contributed by atoms with Gasteiger partial charge in [0.05, 0.1) is 11.6 Å². The minimum atomic E-state index is -0.804. The Morgan fingerprint density at radius 1 is 1.00 bits per heavy atom. The zero-order chi connectivity index (χ0) is 22.4. The van der Waals surface area contributed by atoms with Gasteiger partial charge in [0.15, 0.2) is 11.5 Å². The fourth-order valence-electron chi connectivity index (χ4n) is 4.06. The van der Waals surface area contributed by atoms with Crippen molar-refractivity contribution in [2.45, 2.75) is 13.0 Å². The van der Waals surface area contributed by atoms with Crippen LogP contribution in [0.3, 0.4) is 0 Å². The Labute approximate surface area is 189 Å². The first-order valence-corrected chi connectivity index (χ1v) is 10.3. The fraction of sp³-hybridized carbons (Fsp3) is 0.120. The van der Waals surface area contributed by atoms with Gasteiger partial charge in [-0.3, -0.25) is 14.5 Å². The van der Waals surface area contributed by atoms with Crippen molar-refractivity contribution in [3.8, 4) is 11.5 Å². The molecule has 0 saturated carbocycles. The molecule has 2 heterocycles. The molecular formula is C25H18ClNO5. The summed E-state index contributed by atoms with van der Waals surface area (Å²) in [5, 5.41) is 11.7. The highest BCUT2D eigenvalue weighted by molar-refractivity contribution is 6.51. The number of hydrogen-bond acceptors (Lipinski definition) is 5. The monoisotopic (exact) mass is 447 g/mol. The molecular weight excluding hydrogens is 430 g/mol. The van der Waals surface area contributed by atoms with Crippen LogP contribution in [-0.2, 0) is 9.59 Å². The van der Waals surface area contributed by atoms with Crippen molar-refractivity contribution in [3.63, 3.8) is 0 Å². The Kier molecular flexibility index (Phi) is 4.87. The lowest BCUT2D eigenvalue weighted by atomic mass is 9.94. The van der Waals surface area contributed by atoms with Gasteiger partial charge in [-0.1, -0.05) is 41.4 Å². The molecule has 7 heteroatoms. The fourth-order valence-corrected chi connectivity index (χ4v) is 4.18. The van der Waals surface area contributed by atoms with Gasteiger partial charge in [0, 0.05) is 16.3 Å². The molecule has 1 fully saturated rings. The Morgan fingerprint density at radius 3 is 2.50 bits per heavy atom. The van der Waals surface area contributed by atoms with Gasteiger partial charge < -0.3 is 14.6 Å². The maximum absolute atomic E-state index is 13.2. The Morgan fingerprint density at radius 2 is 1.75 bits per heavy atom. The van der Waals surface area contributed by atoms with Gasteiger partial charge in [-0.25, -0.2) is 0 Å². The molecule has 0 aliphatic carbocycles. The van der Waals surface area contributed by atoms with Crippen molar-refractivity contribution < 1.29 is 24.2 Å². The highest BCUT2D eigenvalue weighted by Gasteiger charge is 2.47. The van der Waals surface area contributed by atoms with Crippen LogP contribution in [0.1, 0.15) is 22.7 Å². The van der Waals surface area contributed by atoms with Crippen LogP contribution in [0.2, 0.25) is 5.02 Å². The van der Waals surface area contributed by atoms with E-state index in [1.807, 2.05) is 31.2 Å². The number of ketones is 1. The largest absolute Gasteiger partial charge is 0.507 e. The summed E-state index contributed by atoms with van der Waals surface area (Å²) < 4.78 is 10.7. The van der Waals surface area contributed by atoms with E-state index in [4.69, 9.17) is 21.1 Å². The first-order chi connectivity index (χ1) is 15.4. The average Bonchev–Trinajstić information content (AvgIpc) is 3.36. The van der Waals surface area contributed by atoms with Gasteiger partial charge in [-0.2, -0.15) is 0 Å². The molecule has 32 heavy (non-hydrogen) atoms. The number of rotatable bonds is 3. The van der Waals surface area contributed by atoms with Crippen molar-refractivity contribution in [1.29, 1.82) is 0 Å². The lowest BCUT2D eigenvalue weighted by Crippen LogP contribution is -2.29. The van der Waals surface area contributed by atoms with E-state index in [9.17, 15) is 14.7 Å². The zero-order valence-corrected chi connectivity index (χ0v) is 17.8. The number of fused-ring (bicyclic) bond motifs is 1. The topological polar surface area (TPSA) is 76.1 Å². The number of amides is 1. The molecule has 160 valence electrons. The Balaban J connectivity index is 1.71. The van der Waals surface area contributed by atoms with E-state index in [2.05, 4.69) is 0 Å². The number of aliphatic hydroxyl groups is 1. The Bertz CT molecular complexity index is 1280. The second kappa shape index (κ2) is 7.73. The summed E-state index contributed by atoms with van der Waals surface area (Å²) in [6.45, 7) is 2.01. The van der Waals surface area contributed by atoms with Gasteiger partial charge >= 0.3 is 0 Å². The van der Waals surface area contributed by atoms with E-state index in [-0.39, 0.29) is 18.1 Å². The van der Waals surface area contributed by atoms with Gasteiger partial charge in [-0.15, -0.1) is 0 Å². The van der Waals surface area contributed by atoms with Gasteiger partial charge in [0.2, 0.25) is 6.79 Å². The number of Topliss-reactive ketones (excluding diaryl/α,β-unsaturated/α-hetero) is 1. The molecule has 1 amide bonds. The van der Waals surface area contributed by atoms with Gasteiger partial charge in [0.25, 0.3) is 11.7 Å². The summed E-state index contributed by atoms with van der Waals surface area (Å²) in [5.41, 5.74) is 2.55. The number of benzene rings is 3. The molecule has 6 nitrogen and oxygen atoms in total. The van der Waals surface area contributed by atoms with Crippen molar-refractivity contribution >= 4 is 34.7 Å². The first-order valence-electron chi connectivity index (χ1n) is 9.97. The smallest absolute Gasteiger partial charge is 0.300 e. The quantitative estimate of drug-likeness (QED) is 0.347. The average molecular weight is 448 g/mol. The lowest BCUT2D eigenvalue weighted by molar-refractivity contribution is -0.132. The predicted octanol–water partition coefficient (Wildman–Crippen LogP) is 5.00. The molecule has 1 N–H and O–H groups in total. The molecule has 2 aliphatic rings. The first kappa shape index (κ1) is 20.2. The van der Waals surface area contributed by atoms with E-state index < -0.39 is 17.7 Å². The van der Waals surface area contributed by atoms with Crippen LogP contribution < -0.4 is 14.4 Å². The number of carbonyl (C=O) groups excluding carboxylic acids is 2. The van der Waals surface area contributed by atoms with Gasteiger partial charge in [-0.05, 0) is 55.0 Å². The molecule has 0 spiro atoms. The minimum Gasteiger partial charge on any atom is -0.507 e. The molecule has 1 unspecified atom stereocenters. The molecule has 3 aromatic carbocycles. The molecule has 0 radical (unpaired) electrons. The van der Waals surface area contributed by atoms with E-state index >= 15 is 0 Å². The van der Waals surface area contributed by atoms with Crippen LogP contribution in [0, 0.1) is 6.92 Å². The lowest BCUT2D eigenvalue weighted by Gasteiger charge is -2.25. The summed E-state index contributed by atoms with van der Waals surface area (Å²) in [5.74, 6) is -0.737. The number of ether oxygens (including phenoxy) is 2. The van der Waals surface area contributed by atoms with Crippen molar-refractivity contribution in [2.75, 3.05) is 11.7 Å². The highest BCUT2D eigenvalue weighted by atomic mass is 35.5. The molecule has 1 saturated heterocycles. The number of anilines is 1. The third-order valence-electron chi connectivity index (χ3n) is 5.55. The third-order valence-corrected chi connectivity index (χ3v) is 5.81. The normalized spacial score (nSPS) is 18.9. The van der Waals surface area contributed by atoms with E-state index in [0.717, 1.165) is 5.56 Å². The van der Waals surface area contributed by atoms with E-state index in [1.165, 1.54) is 4.90 Å². The van der Waals surface area contributed by atoms with E-state index in [0.29, 0.717) is 33.3 Å². The summed E-state index contributed by atoms with van der Waals surface area (Å²) in [6.07, 6.45) is 0. The third kappa shape index (κ3) is 3.29. The maximum Gasteiger partial charge on any atom is 0.300 e. The minimum absolute atomic E-state index is 0.00872. The molecule has 3 aromatic rings. The van der Waals surface area contributed by atoms with Crippen LogP contribution in [0.15, 0.2) is 72.3 Å². The summed E-state index contributed by atoms with van der Waals surface area (Å²) >= 11 is 6.02. The van der Waals surface area contributed by atoms with Crippen molar-refractivity contribution in [3.05, 3.63) is 94.0 Å². The van der Waals surface area contributed by atoms with Crippen molar-refractivity contribution in [1.82, 2.24) is 0 Å². The SMILES string of the molecule is Cc1cccc(C2/C(=C(/O)c3ccc4c(c3)OCO4)C(=O)C(=O)N2c2ccc(Cl)cc2)c1. The number of aliphatic hydroxyl groups excluding tert-OH is 1. The summed E-state index contributed by atoms with van der Waals surface area (Å²) in [4.78, 5) is 27.7. The number of nitrogens with zero attached hydrogens (tertiary/aromatic N) is 1. The van der Waals surface area contributed by atoms with Crippen LogP contribution in [0.5, 0.6) is 11.5 Å². The maximum atomic E-state index is 13.2. The van der Waals surface area contributed by atoms with Crippen LogP contribution in [0.4, 0.5) is 5.69 Å². The number of halogens is 1. The van der Waals surface area contributed by atoms with E-state index in [1.54, 1.807) is 42.5 Å². The van der Waals surface area contributed by atoms with Crippen LogP contribution >= 0.6 is 11.6 Å². The highest BCUT2D eigenvalue weighted by Crippen LogP contribution is 2.43. The van der Waals surface area contributed by atoms with Gasteiger partial charge in [0.1, 0.15) is 5.76 Å². The van der Waals surface area contributed by atoms with Crippen LogP contribution in [-0.4, -0.2) is 23.6 Å². The number of hydrogen-bond donors (Lipinski definition) is 1.